The summed E-state index contributed by atoms with van der Waals surface area (Å²) in [5.41, 5.74) is 1.16. The zero-order chi connectivity index (χ0) is 13.5. The molecule has 0 radical (unpaired) electrons. The summed E-state index contributed by atoms with van der Waals surface area (Å²) in [5.74, 6) is 0.934. The van der Waals surface area contributed by atoms with Gasteiger partial charge in [-0.15, -0.1) is 0 Å². The molecule has 0 saturated carbocycles. The Balaban J connectivity index is 2.80. The van der Waals surface area contributed by atoms with Crippen molar-refractivity contribution < 1.29 is 9.47 Å². The summed E-state index contributed by atoms with van der Waals surface area (Å²) < 4.78 is 12.1. The summed E-state index contributed by atoms with van der Waals surface area (Å²) in [7, 11) is 3.66. The van der Waals surface area contributed by atoms with Gasteiger partial charge in [-0.25, -0.2) is 0 Å². The largest absolute Gasteiger partial charge is 0.490 e. The first-order valence-electron chi connectivity index (χ1n) is 6.20. The van der Waals surface area contributed by atoms with Crippen molar-refractivity contribution in [3.05, 3.63) is 28.2 Å². The lowest BCUT2D eigenvalue weighted by atomic mass is 10.1. The molecule has 0 aliphatic rings. The van der Waals surface area contributed by atoms with Gasteiger partial charge in [0.2, 0.25) is 0 Å². The maximum Gasteiger partial charge on any atom is 0.124 e. The van der Waals surface area contributed by atoms with E-state index in [0.29, 0.717) is 6.61 Å². The van der Waals surface area contributed by atoms with Gasteiger partial charge in [0.1, 0.15) is 5.75 Å². The predicted molar refractivity (Wildman–Crippen MR) is 78.2 cm³/mol. The molecule has 0 fully saturated rings. The first-order chi connectivity index (χ1) is 8.58. The molecule has 2 unspecified atom stereocenters. The Hall–Kier alpha value is -0.580. The number of hydrogen-bond donors (Lipinski definition) is 1. The van der Waals surface area contributed by atoms with Crippen LogP contribution in [0.3, 0.4) is 0 Å². The van der Waals surface area contributed by atoms with Crippen LogP contribution >= 0.6 is 15.9 Å². The van der Waals surface area contributed by atoms with Crippen molar-refractivity contribution in [3.8, 4) is 5.75 Å². The van der Waals surface area contributed by atoms with Crippen LogP contribution in [0.25, 0.3) is 0 Å². The molecule has 0 saturated heterocycles. The van der Waals surface area contributed by atoms with Gasteiger partial charge >= 0.3 is 0 Å². The van der Waals surface area contributed by atoms with E-state index in [0.717, 1.165) is 22.2 Å². The third-order valence-corrected chi connectivity index (χ3v) is 3.42. The van der Waals surface area contributed by atoms with Gasteiger partial charge in [-0.1, -0.05) is 15.9 Å². The molecule has 18 heavy (non-hydrogen) atoms. The summed E-state index contributed by atoms with van der Waals surface area (Å²) in [6, 6.07) is 6.37. The Kier molecular flexibility index (Phi) is 6.68. The smallest absolute Gasteiger partial charge is 0.124 e. The molecule has 0 heterocycles. The molecule has 1 rings (SSSR count). The van der Waals surface area contributed by atoms with Crippen molar-refractivity contribution in [3.63, 3.8) is 0 Å². The first kappa shape index (κ1) is 15.5. The fraction of sp³-hybridized carbons (Fsp3) is 0.571. The Morgan fingerprint density at radius 1 is 1.33 bits per heavy atom. The number of hydrogen-bond acceptors (Lipinski definition) is 3. The molecular formula is C14H22BrNO2. The average molecular weight is 316 g/mol. The van der Waals surface area contributed by atoms with Crippen LogP contribution in [0, 0.1) is 0 Å². The van der Waals surface area contributed by atoms with E-state index in [4.69, 9.17) is 9.47 Å². The van der Waals surface area contributed by atoms with Crippen LogP contribution in [0.5, 0.6) is 5.75 Å². The molecule has 1 aromatic rings. The van der Waals surface area contributed by atoms with Gasteiger partial charge in [0.15, 0.2) is 0 Å². The minimum Gasteiger partial charge on any atom is -0.490 e. The second kappa shape index (κ2) is 7.77. The van der Waals surface area contributed by atoms with Crippen molar-refractivity contribution in [2.75, 3.05) is 20.8 Å². The lowest BCUT2D eigenvalue weighted by Gasteiger charge is -2.20. The fourth-order valence-corrected chi connectivity index (χ4v) is 2.06. The highest BCUT2D eigenvalue weighted by Gasteiger charge is 2.13. The predicted octanol–water partition coefficient (Wildman–Crippen LogP) is 3.53. The fourth-order valence-electron chi connectivity index (χ4n) is 1.68. The highest BCUT2D eigenvalue weighted by molar-refractivity contribution is 9.10. The van der Waals surface area contributed by atoms with E-state index in [1.807, 2.05) is 19.2 Å². The van der Waals surface area contributed by atoms with Gasteiger partial charge < -0.3 is 14.8 Å². The van der Waals surface area contributed by atoms with Crippen LogP contribution in [0.2, 0.25) is 0 Å². The highest BCUT2D eigenvalue weighted by atomic mass is 79.9. The Morgan fingerprint density at radius 3 is 2.67 bits per heavy atom. The summed E-state index contributed by atoms with van der Waals surface area (Å²) in [6.07, 6.45) is 1.04. The number of methoxy groups -OCH3 is 1. The van der Waals surface area contributed by atoms with Crippen LogP contribution in [0.15, 0.2) is 22.7 Å². The molecular weight excluding hydrogens is 294 g/mol. The van der Waals surface area contributed by atoms with Crippen molar-refractivity contribution in [1.82, 2.24) is 5.32 Å². The first-order valence-corrected chi connectivity index (χ1v) is 7.00. The van der Waals surface area contributed by atoms with Crippen molar-refractivity contribution in [2.24, 2.45) is 0 Å². The van der Waals surface area contributed by atoms with E-state index in [1.165, 1.54) is 0 Å². The lowest BCUT2D eigenvalue weighted by molar-refractivity contribution is 0.134. The van der Waals surface area contributed by atoms with Gasteiger partial charge in [-0.05, 0) is 39.1 Å². The highest BCUT2D eigenvalue weighted by Crippen LogP contribution is 2.29. The average Bonchev–Trinajstić information content (AvgIpc) is 2.37. The molecule has 1 N–H and O–H groups in total. The standard InChI is InChI=1S/C14H22BrNO2/c1-10(7-8-17-4)18-14-6-5-12(15)9-13(14)11(2)16-3/h5-6,9-11,16H,7-8H2,1-4H3. The molecule has 0 amide bonds. The third kappa shape index (κ3) is 4.59. The molecule has 0 spiro atoms. The van der Waals surface area contributed by atoms with Gasteiger partial charge in [0, 0.05) is 36.2 Å². The topological polar surface area (TPSA) is 30.5 Å². The molecule has 0 aliphatic carbocycles. The van der Waals surface area contributed by atoms with E-state index >= 15 is 0 Å². The molecule has 0 bridgehead atoms. The quantitative estimate of drug-likeness (QED) is 0.835. The van der Waals surface area contributed by atoms with Gasteiger partial charge in [0.05, 0.1) is 6.10 Å². The molecule has 102 valence electrons. The van der Waals surface area contributed by atoms with Crippen LogP contribution in [0.1, 0.15) is 31.9 Å². The molecule has 0 aromatic heterocycles. The van der Waals surface area contributed by atoms with Gasteiger partial charge in [-0.2, -0.15) is 0 Å². The van der Waals surface area contributed by atoms with E-state index < -0.39 is 0 Å². The Morgan fingerprint density at radius 2 is 2.06 bits per heavy atom. The summed E-state index contributed by atoms with van der Waals surface area (Å²) in [6.45, 7) is 4.90. The molecule has 4 heteroatoms. The maximum atomic E-state index is 5.98. The SMILES string of the molecule is CNC(C)c1cc(Br)ccc1OC(C)CCOC. The summed E-state index contributed by atoms with van der Waals surface area (Å²) >= 11 is 3.50. The van der Waals surface area contributed by atoms with Crippen LogP contribution in [-0.2, 0) is 4.74 Å². The van der Waals surface area contributed by atoms with Gasteiger partial charge in [0.25, 0.3) is 0 Å². The molecule has 0 aliphatic heterocycles. The number of halogens is 1. The minimum atomic E-state index is 0.147. The minimum absolute atomic E-state index is 0.147. The van der Waals surface area contributed by atoms with Crippen LogP contribution in [0.4, 0.5) is 0 Å². The van der Waals surface area contributed by atoms with E-state index in [9.17, 15) is 0 Å². The summed E-state index contributed by atoms with van der Waals surface area (Å²) in [5, 5.41) is 3.24. The van der Waals surface area contributed by atoms with E-state index in [1.54, 1.807) is 7.11 Å². The van der Waals surface area contributed by atoms with Gasteiger partial charge in [-0.3, -0.25) is 0 Å². The van der Waals surface area contributed by atoms with Crippen molar-refractivity contribution >= 4 is 15.9 Å². The van der Waals surface area contributed by atoms with E-state index in [2.05, 4.69) is 41.2 Å². The number of benzene rings is 1. The van der Waals surface area contributed by atoms with Crippen molar-refractivity contribution in [2.45, 2.75) is 32.4 Å². The monoisotopic (exact) mass is 315 g/mol. The number of nitrogens with one attached hydrogen (secondary N) is 1. The second-order valence-electron chi connectivity index (χ2n) is 4.40. The third-order valence-electron chi connectivity index (χ3n) is 2.93. The Labute approximate surface area is 118 Å². The lowest BCUT2D eigenvalue weighted by Crippen LogP contribution is -2.18. The van der Waals surface area contributed by atoms with Crippen LogP contribution < -0.4 is 10.1 Å². The van der Waals surface area contributed by atoms with Crippen LogP contribution in [-0.4, -0.2) is 26.9 Å². The van der Waals surface area contributed by atoms with E-state index in [-0.39, 0.29) is 12.1 Å². The zero-order valence-electron chi connectivity index (χ0n) is 11.5. The normalized spacial score (nSPS) is 14.3. The summed E-state index contributed by atoms with van der Waals surface area (Å²) in [4.78, 5) is 0. The number of rotatable bonds is 7. The van der Waals surface area contributed by atoms with Crippen molar-refractivity contribution in [1.29, 1.82) is 0 Å². The molecule has 2 atom stereocenters. The number of ether oxygens (including phenoxy) is 2. The Bertz CT molecular complexity index is 371. The molecule has 3 nitrogen and oxygen atoms in total. The second-order valence-corrected chi connectivity index (χ2v) is 5.32. The maximum absolute atomic E-state index is 5.98. The zero-order valence-corrected chi connectivity index (χ0v) is 13.1. The molecule has 1 aromatic carbocycles.